The van der Waals surface area contributed by atoms with E-state index in [0.717, 1.165) is 24.2 Å². The molecule has 0 saturated heterocycles. The number of carbonyl (C=O) groups is 1. The Morgan fingerprint density at radius 3 is 2.12 bits per heavy atom. The normalized spacial score (nSPS) is 14.7. The number of amides is 1. The van der Waals surface area contributed by atoms with Crippen LogP contribution >= 0.6 is 0 Å². The molecule has 130 valence electrons. The van der Waals surface area contributed by atoms with Gasteiger partial charge in [0, 0.05) is 32.7 Å². The quantitative estimate of drug-likeness (QED) is 0.765. The van der Waals surface area contributed by atoms with Gasteiger partial charge in [0.25, 0.3) is 5.91 Å². The van der Waals surface area contributed by atoms with Crippen LogP contribution in [0, 0.1) is 0 Å². The van der Waals surface area contributed by atoms with Crippen LogP contribution in [0.1, 0.15) is 53.2 Å². The third kappa shape index (κ3) is 2.73. The van der Waals surface area contributed by atoms with Crippen LogP contribution in [-0.2, 0) is 14.1 Å². The monoisotopic (exact) mass is 339 g/mol. The molecule has 0 atom stereocenters. The van der Waals surface area contributed by atoms with Crippen LogP contribution in [0.15, 0.2) is 36.8 Å². The molecule has 1 aliphatic carbocycles. The molecule has 3 aromatic rings. The van der Waals surface area contributed by atoms with E-state index in [1.807, 2.05) is 30.9 Å². The van der Waals surface area contributed by atoms with E-state index in [1.54, 1.807) is 34.0 Å². The second kappa shape index (κ2) is 6.19. The highest BCUT2D eigenvalue weighted by Gasteiger charge is 2.28. The van der Waals surface area contributed by atoms with E-state index >= 15 is 0 Å². The zero-order chi connectivity index (χ0) is 17.4. The molecule has 0 unspecified atom stereocenters. The van der Waals surface area contributed by atoms with E-state index in [0.29, 0.717) is 11.7 Å². The van der Waals surface area contributed by atoms with Crippen LogP contribution in [0.25, 0.3) is 0 Å². The van der Waals surface area contributed by atoms with Crippen molar-refractivity contribution in [3.05, 3.63) is 53.9 Å². The van der Waals surface area contributed by atoms with E-state index in [1.165, 1.54) is 6.42 Å². The standard InChI is InChI=1S/C17H21N7O/c1-22-13(6-9-18-22)16(14-7-10-19-23(14)2)21-17(25)15-8-11-20-24(15)12-4-3-5-12/h6-12,16H,3-5H2,1-2H3,(H,21,25). The van der Waals surface area contributed by atoms with Gasteiger partial charge in [-0.05, 0) is 37.5 Å². The van der Waals surface area contributed by atoms with Crippen LogP contribution in [0.2, 0.25) is 0 Å². The molecule has 3 aromatic heterocycles. The van der Waals surface area contributed by atoms with E-state index in [-0.39, 0.29) is 11.9 Å². The fraction of sp³-hybridized carbons (Fsp3) is 0.412. The van der Waals surface area contributed by atoms with Crippen molar-refractivity contribution in [2.24, 2.45) is 14.1 Å². The summed E-state index contributed by atoms with van der Waals surface area (Å²) in [6, 6.07) is 5.58. The SMILES string of the molecule is Cn1nccc1C(NC(=O)c1ccnn1C1CCC1)c1ccnn1C. The summed E-state index contributed by atoms with van der Waals surface area (Å²) in [5.74, 6) is -0.142. The molecule has 0 spiro atoms. The van der Waals surface area contributed by atoms with Crippen molar-refractivity contribution < 1.29 is 4.79 Å². The molecule has 8 heteroatoms. The van der Waals surface area contributed by atoms with E-state index in [9.17, 15) is 4.79 Å². The summed E-state index contributed by atoms with van der Waals surface area (Å²) in [6.07, 6.45) is 8.49. The molecule has 1 aliphatic rings. The highest BCUT2D eigenvalue weighted by molar-refractivity contribution is 5.93. The number of rotatable bonds is 5. The highest BCUT2D eigenvalue weighted by atomic mass is 16.2. The Bertz CT molecular complexity index is 846. The van der Waals surface area contributed by atoms with Gasteiger partial charge in [0.1, 0.15) is 11.7 Å². The number of aromatic nitrogens is 6. The lowest BCUT2D eigenvalue weighted by atomic mass is 9.93. The summed E-state index contributed by atoms with van der Waals surface area (Å²) in [7, 11) is 3.73. The molecule has 3 heterocycles. The van der Waals surface area contributed by atoms with Gasteiger partial charge in [0.05, 0.1) is 17.4 Å². The van der Waals surface area contributed by atoms with Crippen molar-refractivity contribution in [2.75, 3.05) is 0 Å². The van der Waals surface area contributed by atoms with Gasteiger partial charge in [-0.2, -0.15) is 15.3 Å². The maximum Gasteiger partial charge on any atom is 0.270 e. The number of carbonyl (C=O) groups excluding carboxylic acids is 1. The van der Waals surface area contributed by atoms with Crippen LogP contribution in [0.5, 0.6) is 0 Å². The van der Waals surface area contributed by atoms with Crippen LogP contribution in [0.3, 0.4) is 0 Å². The molecule has 1 fully saturated rings. The molecule has 8 nitrogen and oxygen atoms in total. The van der Waals surface area contributed by atoms with Crippen LogP contribution in [0.4, 0.5) is 0 Å². The van der Waals surface area contributed by atoms with Gasteiger partial charge < -0.3 is 5.32 Å². The van der Waals surface area contributed by atoms with Crippen molar-refractivity contribution in [3.8, 4) is 0 Å². The molecule has 0 aromatic carbocycles. The van der Waals surface area contributed by atoms with Gasteiger partial charge in [-0.15, -0.1) is 0 Å². The fourth-order valence-electron chi connectivity index (χ4n) is 3.26. The number of hydrogen-bond donors (Lipinski definition) is 1. The van der Waals surface area contributed by atoms with E-state index in [2.05, 4.69) is 20.6 Å². The Hall–Kier alpha value is -2.90. The Morgan fingerprint density at radius 2 is 1.64 bits per heavy atom. The summed E-state index contributed by atoms with van der Waals surface area (Å²) in [4.78, 5) is 13.0. The average Bonchev–Trinajstić information content (AvgIpc) is 3.25. The van der Waals surface area contributed by atoms with Crippen molar-refractivity contribution in [1.29, 1.82) is 0 Å². The Morgan fingerprint density at radius 1 is 1.04 bits per heavy atom. The topological polar surface area (TPSA) is 82.6 Å². The van der Waals surface area contributed by atoms with Gasteiger partial charge >= 0.3 is 0 Å². The lowest BCUT2D eigenvalue weighted by Crippen LogP contribution is -2.34. The predicted octanol–water partition coefficient (Wildman–Crippen LogP) is 1.59. The Balaban J connectivity index is 1.65. The largest absolute Gasteiger partial charge is 0.337 e. The summed E-state index contributed by atoms with van der Waals surface area (Å²) in [5.41, 5.74) is 2.39. The molecule has 1 amide bonds. The molecule has 25 heavy (non-hydrogen) atoms. The van der Waals surface area contributed by atoms with Crippen molar-refractivity contribution in [1.82, 2.24) is 34.7 Å². The maximum absolute atomic E-state index is 13.0. The molecule has 0 aliphatic heterocycles. The molecule has 1 N–H and O–H groups in total. The van der Waals surface area contributed by atoms with Crippen molar-refractivity contribution >= 4 is 5.91 Å². The maximum atomic E-state index is 13.0. The first-order valence-electron chi connectivity index (χ1n) is 8.45. The van der Waals surface area contributed by atoms with Crippen LogP contribution < -0.4 is 5.32 Å². The zero-order valence-corrected chi connectivity index (χ0v) is 14.3. The summed E-state index contributed by atoms with van der Waals surface area (Å²) in [6.45, 7) is 0. The predicted molar refractivity (Wildman–Crippen MR) is 90.8 cm³/mol. The van der Waals surface area contributed by atoms with Crippen molar-refractivity contribution in [2.45, 2.75) is 31.3 Å². The third-order valence-corrected chi connectivity index (χ3v) is 4.91. The minimum absolute atomic E-state index is 0.142. The summed E-state index contributed by atoms with van der Waals surface area (Å²) in [5, 5.41) is 15.9. The molecule has 0 radical (unpaired) electrons. The summed E-state index contributed by atoms with van der Waals surface area (Å²) < 4.78 is 5.38. The van der Waals surface area contributed by atoms with Crippen molar-refractivity contribution in [3.63, 3.8) is 0 Å². The molecular formula is C17H21N7O. The first-order valence-corrected chi connectivity index (χ1v) is 8.45. The van der Waals surface area contributed by atoms with Gasteiger partial charge in [-0.25, -0.2) is 0 Å². The minimum Gasteiger partial charge on any atom is -0.337 e. The van der Waals surface area contributed by atoms with Crippen LogP contribution in [-0.4, -0.2) is 35.2 Å². The van der Waals surface area contributed by atoms with E-state index in [4.69, 9.17) is 0 Å². The number of hydrogen-bond acceptors (Lipinski definition) is 4. The third-order valence-electron chi connectivity index (χ3n) is 4.91. The Labute approximate surface area is 145 Å². The van der Waals surface area contributed by atoms with E-state index < -0.39 is 0 Å². The van der Waals surface area contributed by atoms with Gasteiger partial charge in [-0.3, -0.25) is 18.8 Å². The van der Waals surface area contributed by atoms with Gasteiger partial charge in [0.2, 0.25) is 0 Å². The van der Waals surface area contributed by atoms with Gasteiger partial charge in [0.15, 0.2) is 0 Å². The Kier molecular flexibility index (Phi) is 3.87. The number of aryl methyl sites for hydroxylation is 2. The smallest absolute Gasteiger partial charge is 0.270 e. The summed E-state index contributed by atoms with van der Waals surface area (Å²) >= 11 is 0. The second-order valence-electron chi connectivity index (χ2n) is 6.41. The first kappa shape index (κ1) is 15.6. The molecule has 1 saturated carbocycles. The second-order valence-corrected chi connectivity index (χ2v) is 6.41. The molecular weight excluding hydrogens is 318 g/mol. The molecule has 0 bridgehead atoms. The molecule has 4 rings (SSSR count). The number of nitrogens with zero attached hydrogens (tertiary/aromatic N) is 6. The lowest BCUT2D eigenvalue weighted by Gasteiger charge is -2.27. The minimum atomic E-state index is -0.336. The highest BCUT2D eigenvalue weighted by Crippen LogP contribution is 2.32. The fourth-order valence-corrected chi connectivity index (χ4v) is 3.26. The lowest BCUT2D eigenvalue weighted by molar-refractivity contribution is 0.0922. The van der Waals surface area contributed by atoms with Gasteiger partial charge in [-0.1, -0.05) is 0 Å². The number of nitrogens with one attached hydrogen (secondary N) is 1. The average molecular weight is 339 g/mol. The first-order chi connectivity index (χ1) is 12.1. The zero-order valence-electron chi connectivity index (χ0n) is 14.3.